The van der Waals surface area contributed by atoms with E-state index >= 15 is 0 Å². The summed E-state index contributed by atoms with van der Waals surface area (Å²) in [5.74, 6) is -2.77. The first-order chi connectivity index (χ1) is 19.1. The van der Waals surface area contributed by atoms with E-state index in [1.807, 2.05) is 6.92 Å². The Kier molecular flexibility index (Phi) is 8.37. The highest BCUT2D eigenvalue weighted by Gasteiger charge is 2.54. The van der Waals surface area contributed by atoms with Gasteiger partial charge in [-0.05, 0) is 24.6 Å². The van der Waals surface area contributed by atoms with Gasteiger partial charge in [-0.15, -0.1) is 45.1 Å². The number of thiazole rings is 1. The van der Waals surface area contributed by atoms with Crippen molar-refractivity contribution in [2.45, 2.75) is 32.8 Å². The van der Waals surface area contributed by atoms with Gasteiger partial charge in [0.05, 0.1) is 11.3 Å². The molecular weight excluding hydrogens is 617 g/mol. The third-order valence-electron chi connectivity index (χ3n) is 5.83. The number of nitrogens with one attached hydrogen (secondary N) is 1. The van der Waals surface area contributed by atoms with E-state index < -0.39 is 40.4 Å². The smallest absolute Gasteiger partial charge is 0.352 e. The molecule has 2 aliphatic rings. The van der Waals surface area contributed by atoms with Gasteiger partial charge >= 0.3 is 11.9 Å². The van der Waals surface area contributed by atoms with E-state index in [1.54, 1.807) is 23.6 Å². The summed E-state index contributed by atoms with van der Waals surface area (Å²) in [5, 5.41) is 31.3. The number of benzene rings is 1. The molecule has 1 fully saturated rings. The summed E-state index contributed by atoms with van der Waals surface area (Å²) in [6, 6.07) is 5.31. The Balaban J connectivity index is 1.34. The number of nitrogens with zero attached hydrogens (tertiary/aromatic N) is 4. The minimum absolute atomic E-state index is 0.0209. The number of hydrogen-bond donors (Lipinski definition) is 4. The normalized spacial score (nSPS) is 19.1. The van der Waals surface area contributed by atoms with Crippen LogP contribution < -0.4 is 11.1 Å². The Hall–Kier alpha value is -3.12. The van der Waals surface area contributed by atoms with Gasteiger partial charge in [-0.3, -0.25) is 14.5 Å². The Morgan fingerprint density at radius 2 is 2.00 bits per heavy atom. The number of aliphatic carboxylic acids is 1. The number of carboxylic acids is 2. The molecule has 17 heteroatoms. The van der Waals surface area contributed by atoms with Gasteiger partial charge in [-0.1, -0.05) is 35.2 Å². The zero-order valence-corrected chi connectivity index (χ0v) is 24.6. The summed E-state index contributed by atoms with van der Waals surface area (Å²) < 4.78 is 0.706. The fourth-order valence-corrected chi connectivity index (χ4v) is 9.14. The molecule has 0 bridgehead atoms. The lowest BCUT2D eigenvalue weighted by Crippen LogP contribution is -2.70. The minimum Gasteiger partial charge on any atom is -0.478 e. The monoisotopic (exact) mass is 636 g/mol. The average molecular weight is 637 g/mol. The molecule has 0 radical (unpaired) electrons. The number of nitrogen functional groups attached to an aromatic ring is 1. The van der Waals surface area contributed by atoms with Gasteiger partial charge in [0, 0.05) is 21.8 Å². The molecule has 3 atom stereocenters. The van der Waals surface area contributed by atoms with Crippen LogP contribution in [0, 0.1) is 6.92 Å². The molecule has 0 aliphatic carbocycles. The topological polar surface area (TPSA) is 189 Å². The second-order valence-electron chi connectivity index (χ2n) is 8.44. The lowest BCUT2D eigenvalue weighted by Gasteiger charge is -2.49. The number of thioether (sulfide) groups is 3. The van der Waals surface area contributed by atoms with Crippen molar-refractivity contribution in [1.29, 1.82) is 0 Å². The van der Waals surface area contributed by atoms with Crippen molar-refractivity contribution in [1.82, 2.24) is 25.4 Å². The second-order valence-corrected chi connectivity index (χ2v) is 14.0. The molecule has 2 aromatic heterocycles. The van der Waals surface area contributed by atoms with Crippen LogP contribution in [0.4, 0.5) is 5.13 Å². The largest absolute Gasteiger partial charge is 0.478 e. The van der Waals surface area contributed by atoms with E-state index in [0.717, 1.165) is 28.1 Å². The molecule has 3 aromatic rings. The molecule has 40 heavy (non-hydrogen) atoms. The first-order valence-electron chi connectivity index (χ1n) is 11.5. The summed E-state index contributed by atoms with van der Waals surface area (Å²) in [5.41, 5.74) is 6.64. The van der Waals surface area contributed by atoms with Crippen molar-refractivity contribution < 1.29 is 29.4 Å². The second kappa shape index (κ2) is 11.8. The number of aryl methyl sites for hydroxylation is 1. The average Bonchev–Trinajstić information content (AvgIpc) is 3.55. The van der Waals surface area contributed by atoms with Crippen LogP contribution in [0.2, 0.25) is 0 Å². The van der Waals surface area contributed by atoms with Crippen molar-refractivity contribution in [2.24, 2.45) is 0 Å². The Labute approximate surface area is 247 Å². The molecular formula is C23H20N6O6S5. The van der Waals surface area contributed by atoms with Crippen LogP contribution in [0.3, 0.4) is 0 Å². The third kappa shape index (κ3) is 5.69. The van der Waals surface area contributed by atoms with Crippen LogP contribution >= 0.6 is 58.0 Å². The van der Waals surface area contributed by atoms with E-state index in [4.69, 9.17) is 5.73 Å². The first-order valence-corrected chi connectivity index (χ1v) is 16.1. The molecule has 4 heterocycles. The van der Waals surface area contributed by atoms with Crippen LogP contribution in [0.5, 0.6) is 0 Å². The maximum Gasteiger partial charge on any atom is 0.352 e. The highest BCUT2D eigenvalue weighted by atomic mass is 32.2. The standard InChI is InChI=1S/C23H20N6O6S5/c1-9-27-28-23(39-9)38-7-10-6-36-19-14(18(31)29(19)15(10)21(34)35)26-17(30)16(12-8-37-22(24)25-12)40-13-5-3-2-4-11(13)20(32)33/h2-5,8,14,16,19H,6-7H2,1H3,(H2,24,25)(H,26,30)(H,32,33)(H,34,35)/t14?,16?,19-/m1/s1. The molecule has 1 saturated heterocycles. The maximum absolute atomic E-state index is 13.5. The number of carboxylic acid groups (broad SMARTS) is 2. The number of carbonyl (C=O) groups excluding carboxylic acids is 2. The van der Waals surface area contributed by atoms with E-state index in [-0.39, 0.29) is 16.4 Å². The molecule has 0 saturated carbocycles. The maximum atomic E-state index is 13.5. The molecule has 12 nitrogen and oxygen atoms in total. The molecule has 2 unspecified atom stereocenters. The van der Waals surface area contributed by atoms with Gasteiger partial charge in [-0.2, -0.15) is 0 Å². The van der Waals surface area contributed by atoms with E-state index in [1.165, 1.54) is 45.8 Å². The number of nitrogens with two attached hydrogens (primary N) is 1. The van der Waals surface area contributed by atoms with Crippen LogP contribution in [0.1, 0.15) is 26.3 Å². The van der Waals surface area contributed by atoms with Crippen LogP contribution in [-0.2, 0) is 14.4 Å². The molecule has 2 aliphatic heterocycles. The van der Waals surface area contributed by atoms with E-state index in [0.29, 0.717) is 32.0 Å². The van der Waals surface area contributed by atoms with Crippen LogP contribution in [-0.4, -0.2) is 77.0 Å². The molecule has 1 aromatic carbocycles. The number of rotatable bonds is 10. The molecule has 5 N–H and O–H groups in total. The summed E-state index contributed by atoms with van der Waals surface area (Å²) in [4.78, 5) is 56.4. The van der Waals surface area contributed by atoms with Crippen LogP contribution in [0.15, 0.2) is 50.2 Å². The molecule has 2 amide bonds. The molecule has 0 spiro atoms. The lowest BCUT2D eigenvalue weighted by molar-refractivity contribution is -0.150. The van der Waals surface area contributed by atoms with Crippen molar-refractivity contribution in [3.8, 4) is 0 Å². The number of hydrogen-bond acceptors (Lipinski definition) is 13. The highest BCUT2D eigenvalue weighted by molar-refractivity contribution is 8.02. The lowest BCUT2D eigenvalue weighted by atomic mass is 10.0. The zero-order valence-electron chi connectivity index (χ0n) is 20.5. The summed E-state index contributed by atoms with van der Waals surface area (Å²) in [7, 11) is 0. The number of amides is 2. The number of β-lactam (4-membered cyclic amide) rings is 1. The number of aromatic carboxylic acids is 1. The third-order valence-corrected chi connectivity index (χ3v) is 11.2. The van der Waals surface area contributed by atoms with Crippen LogP contribution in [0.25, 0.3) is 0 Å². The van der Waals surface area contributed by atoms with Gasteiger partial charge < -0.3 is 21.3 Å². The SMILES string of the molecule is Cc1nnc(SCC2=C(C(=O)O)N3C(=O)C(NC(=O)C(Sc4ccccc4C(=O)O)c4csc(N)n4)[C@H]3SC2)s1. The van der Waals surface area contributed by atoms with Gasteiger partial charge in [0.1, 0.15) is 27.4 Å². The van der Waals surface area contributed by atoms with Crippen molar-refractivity contribution in [3.05, 3.63) is 57.2 Å². The predicted molar refractivity (Wildman–Crippen MR) is 154 cm³/mol. The van der Waals surface area contributed by atoms with Crippen molar-refractivity contribution >= 4 is 86.8 Å². The van der Waals surface area contributed by atoms with Gasteiger partial charge in [0.15, 0.2) is 9.47 Å². The Bertz CT molecular complexity index is 1540. The van der Waals surface area contributed by atoms with E-state index in [9.17, 15) is 29.4 Å². The number of fused-ring (bicyclic) bond motifs is 1. The number of anilines is 1. The highest BCUT2D eigenvalue weighted by Crippen LogP contribution is 2.43. The quantitative estimate of drug-likeness (QED) is 0.188. The molecule has 5 rings (SSSR count). The minimum atomic E-state index is -1.22. The number of carbonyl (C=O) groups is 4. The van der Waals surface area contributed by atoms with Crippen molar-refractivity contribution in [3.63, 3.8) is 0 Å². The summed E-state index contributed by atoms with van der Waals surface area (Å²) >= 11 is 6.24. The molecule has 208 valence electrons. The van der Waals surface area contributed by atoms with Gasteiger partial charge in [-0.25, -0.2) is 14.6 Å². The van der Waals surface area contributed by atoms with E-state index in [2.05, 4.69) is 20.5 Å². The van der Waals surface area contributed by atoms with Crippen molar-refractivity contribution in [2.75, 3.05) is 17.2 Å². The predicted octanol–water partition coefficient (Wildman–Crippen LogP) is 2.95. The number of aromatic nitrogens is 3. The van der Waals surface area contributed by atoms with Gasteiger partial charge in [0.2, 0.25) is 5.91 Å². The Morgan fingerprint density at radius 3 is 2.65 bits per heavy atom. The first kappa shape index (κ1) is 28.4. The van der Waals surface area contributed by atoms with Gasteiger partial charge in [0.25, 0.3) is 5.91 Å². The Morgan fingerprint density at radius 1 is 1.23 bits per heavy atom. The fraction of sp³-hybridized carbons (Fsp3) is 0.261. The fourth-order valence-electron chi connectivity index (χ4n) is 4.05. The zero-order chi connectivity index (χ0) is 28.6. The summed E-state index contributed by atoms with van der Waals surface area (Å²) in [6.45, 7) is 1.83. The summed E-state index contributed by atoms with van der Waals surface area (Å²) in [6.07, 6.45) is 0.